The second kappa shape index (κ2) is 6.12. The van der Waals surface area contributed by atoms with E-state index in [4.69, 9.17) is 4.74 Å². The van der Waals surface area contributed by atoms with Gasteiger partial charge in [0, 0.05) is 30.4 Å². The second-order valence-electron chi connectivity index (χ2n) is 4.70. The first kappa shape index (κ1) is 13.3. The van der Waals surface area contributed by atoms with Crippen molar-refractivity contribution in [1.29, 1.82) is 0 Å². The summed E-state index contributed by atoms with van der Waals surface area (Å²) in [5, 5.41) is 3.63. The molecule has 2 nitrogen and oxygen atoms in total. The predicted octanol–water partition coefficient (Wildman–Crippen LogP) is 2.53. The van der Waals surface area contributed by atoms with Crippen molar-refractivity contribution >= 4 is 11.8 Å². The lowest BCUT2D eigenvalue weighted by molar-refractivity contribution is -0.113. The van der Waals surface area contributed by atoms with E-state index >= 15 is 0 Å². The van der Waals surface area contributed by atoms with Gasteiger partial charge in [-0.3, -0.25) is 0 Å². The standard InChI is InChI=1S/C12H25NOS/c1-5-14-11-9-10(12(11,3)4)13-7-8-15-6-2/h10-11,13H,5-9H2,1-4H3. The van der Waals surface area contributed by atoms with Crippen LogP contribution in [0.2, 0.25) is 0 Å². The number of rotatable bonds is 7. The maximum absolute atomic E-state index is 5.71. The zero-order chi connectivity index (χ0) is 11.3. The summed E-state index contributed by atoms with van der Waals surface area (Å²) in [6.45, 7) is 10.9. The Kier molecular flexibility index (Phi) is 5.44. The normalized spacial score (nSPS) is 28.8. The lowest BCUT2D eigenvalue weighted by Gasteiger charge is -2.52. The zero-order valence-corrected chi connectivity index (χ0v) is 11.3. The first-order chi connectivity index (χ1) is 7.12. The third kappa shape index (κ3) is 3.36. The fraction of sp³-hybridized carbons (Fsp3) is 1.00. The van der Waals surface area contributed by atoms with E-state index in [1.54, 1.807) is 0 Å². The molecule has 1 rings (SSSR count). The Morgan fingerprint density at radius 2 is 2.13 bits per heavy atom. The van der Waals surface area contributed by atoms with E-state index in [2.05, 4.69) is 33.0 Å². The molecule has 0 heterocycles. The molecule has 2 unspecified atom stereocenters. The van der Waals surface area contributed by atoms with Crippen molar-refractivity contribution in [2.45, 2.75) is 46.3 Å². The fourth-order valence-electron chi connectivity index (χ4n) is 2.17. The predicted molar refractivity (Wildman–Crippen MR) is 68.6 cm³/mol. The molecule has 0 aromatic heterocycles. The summed E-state index contributed by atoms with van der Waals surface area (Å²) in [6, 6.07) is 0.645. The molecule has 1 aliphatic rings. The Morgan fingerprint density at radius 3 is 2.67 bits per heavy atom. The summed E-state index contributed by atoms with van der Waals surface area (Å²) >= 11 is 2.00. The van der Waals surface area contributed by atoms with Crippen LogP contribution in [0.15, 0.2) is 0 Å². The first-order valence-electron chi connectivity index (χ1n) is 6.05. The largest absolute Gasteiger partial charge is 0.378 e. The number of hydrogen-bond acceptors (Lipinski definition) is 3. The molecule has 0 amide bonds. The van der Waals surface area contributed by atoms with Gasteiger partial charge in [-0.15, -0.1) is 0 Å². The minimum absolute atomic E-state index is 0.312. The van der Waals surface area contributed by atoms with Crippen LogP contribution in [0, 0.1) is 5.41 Å². The SMILES string of the molecule is CCOC1CC(NCCSCC)C1(C)C. The monoisotopic (exact) mass is 231 g/mol. The van der Waals surface area contributed by atoms with Gasteiger partial charge < -0.3 is 10.1 Å². The quantitative estimate of drug-likeness (QED) is 0.680. The van der Waals surface area contributed by atoms with Crippen LogP contribution in [0.5, 0.6) is 0 Å². The van der Waals surface area contributed by atoms with E-state index < -0.39 is 0 Å². The fourth-order valence-corrected chi connectivity index (χ4v) is 2.72. The molecule has 1 fully saturated rings. The zero-order valence-electron chi connectivity index (χ0n) is 10.5. The molecule has 1 aliphatic carbocycles. The van der Waals surface area contributed by atoms with Gasteiger partial charge in [0.05, 0.1) is 6.10 Å². The van der Waals surface area contributed by atoms with Gasteiger partial charge in [-0.05, 0) is 19.1 Å². The van der Waals surface area contributed by atoms with Crippen LogP contribution in [0.4, 0.5) is 0 Å². The van der Waals surface area contributed by atoms with E-state index in [0.29, 0.717) is 17.6 Å². The molecule has 2 atom stereocenters. The summed E-state index contributed by atoms with van der Waals surface area (Å²) < 4.78 is 5.71. The molecule has 0 aliphatic heterocycles. The summed E-state index contributed by atoms with van der Waals surface area (Å²) in [5.74, 6) is 2.44. The van der Waals surface area contributed by atoms with E-state index in [1.807, 2.05) is 11.8 Å². The van der Waals surface area contributed by atoms with Crippen LogP contribution in [0.25, 0.3) is 0 Å². The molecule has 0 saturated heterocycles. The number of nitrogens with one attached hydrogen (secondary N) is 1. The maximum atomic E-state index is 5.71. The highest BCUT2D eigenvalue weighted by atomic mass is 32.2. The molecule has 1 saturated carbocycles. The highest BCUT2D eigenvalue weighted by Crippen LogP contribution is 2.42. The van der Waals surface area contributed by atoms with Gasteiger partial charge in [-0.25, -0.2) is 0 Å². The van der Waals surface area contributed by atoms with Crippen LogP contribution >= 0.6 is 11.8 Å². The summed E-state index contributed by atoms with van der Waals surface area (Å²) in [5.41, 5.74) is 0.312. The van der Waals surface area contributed by atoms with Gasteiger partial charge >= 0.3 is 0 Å². The average Bonchev–Trinajstić information content (AvgIpc) is 2.21. The molecule has 1 N–H and O–H groups in total. The van der Waals surface area contributed by atoms with Gasteiger partial charge in [-0.2, -0.15) is 11.8 Å². The van der Waals surface area contributed by atoms with E-state index in [1.165, 1.54) is 17.9 Å². The Balaban J connectivity index is 2.17. The van der Waals surface area contributed by atoms with Crippen molar-refractivity contribution in [2.24, 2.45) is 5.41 Å². The third-order valence-electron chi connectivity index (χ3n) is 3.39. The van der Waals surface area contributed by atoms with E-state index in [9.17, 15) is 0 Å². The Hall–Kier alpha value is 0.270. The van der Waals surface area contributed by atoms with Gasteiger partial charge in [0.15, 0.2) is 0 Å². The lowest BCUT2D eigenvalue weighted by Crippen LogP contribution is -2.61. The molecule has 0 aromatic rings. The van der Waals surface area contributed by atoms with Crippen molar-refractivity contribution in [1.82, 2.24) is 5.32 Å². The van der Waals surface area contributed by atoms with Crippen molar-refractivity contribution in [3.05, 3.63) is 0 Å². The highest BCUT2D eigenvalue weighted by molar-refractivity contribution is 7.99. The van der Waals surface area contributed by atoms with Gasteiger partial charge in [-0.1, -0.05) is 20.8 Å². The molecule has 0 spiro atoms. The summed E-state index contributed by atoms with van der Waals surface area (Å²) in [6.07, 6.45) is 1.64. The Labute approximate surface area is 98.5 Å². The lowest BCUT2D eigenvalue weighted by atomic mass is 9.64. The smallest absolute Gasteiger partial charge is 0.0655 e. The molecule has 0 aromatic carbocycles. The van der Waals surface area contributed by atoms with E-state index in [0.717, 1.165) is 13.2 Å². The molecular formula is C12H25NOS. The van der Waals surface area contributed by atoms with Crippen LogP contribution in [-0.4, -0.2) is 36.8 Å². The Bertz CT molecular complexity index is 184. The molecule has 0 bridgehead atoms. The van der Waals surface area contributed by atoms with E-state index in [-0.39, 0.29) is 0 Å². The average molecular weight is 231 g/mol. The van der Waals surface area contributed by atoms with Crippen LogP contribution in [0.1, 0.15) is 34.1 Å². The van der Waals surface area contributed by atoms with Crippen molar-refractivity contribution < 1.29 is 4.74 Å². The van der Waals surface area contributed by atoms with Crippen molar-refractivity contribution in [2.75, 3.05) is 24.7 Å². The van der Waals surface area contributed by atoms with Crippen LogP contribution in [-0.2, 0) is 4.74 Å². The maximum Gasteiger partial charge on any atom is 0.0655 e. The minimum atomic E-state index is 0.312. The third-order valence-corrected chi connectivity index (χ3v) is 4.29. The topological polar surface area (TPSA) is 21.3 Å². The first-order valence-corrected chi connectivity index (χ1v) is 7.21. The molecular weight excluding hydrogens is 206 g/mol. The summed E-state index contributed by atoms with van der Waals surface area (Å²) in [7, 11) is 0. The van der Waals surface area contributed by atoms with Crippen molar-refractivity contribution in [3.63, 3.8) is 0 Å². The number of hydrogen-bond donors (Lipinski definition) is 1. The minimum Gasteiger partial charge on any atom is -0.378 e. The number of thioether (sulfide) groups is 1. The number of ether oxygens (including phenoxy) is 1. The molecule has 3 heteroatoms. The summed E-state index contributed by atoms with van der Waals surface area (Å²) in [4.78, 5) is 0. The van der Waals surface area contributed by atoms with Crippen molar-refractivity contribution in [3.8, 4) is 0 Å². The molecule has 15 heavy (non-hydrogen) atoms. The van der Waals surface area contributed by atoms with Gasteiger partial charge in [0.2, 0.25) is 0 Å². The van der Waals surface area contributed by atoms with Gasteiger partial charge in [0.25, 0.3) is 0 Å². The second-order valence-corrected chi connectivity index (χ2v) is 6.10. The molecule has 0 radical (unpaired) electrons. The van der Waals surface area contributed by atoms with Gasteiger partial charge in [0.1, 0.15) is 0 Å². The van der Waals surface area contributed by atoms with Crippen LogP contribution in [0.3, 0.4) is 0 Å². The molecule has 90 valence electrons. The highest BCUT2D eigenvalue weighted by Gasteiger charge is 2.48. The van der Waals surface area contributed by atoms with Crippen LogP contribution < -0.4 is 5.32 Å². The Morgan fingerprint density at radius 1 is 1.40 bits per heavy atom.